The molecule has 0 saturated heterocycles. The van der Waals surface area contributed by atoms with Gasteiger partial charge in [0.15, 0.2) is 11.5 Å². The minimum Gasteiger partial charge on any atom is -0.507 e. The average Bonchev–Trinajstić information content (AvgIpc) is 2.92. The maximum Gasteiger partial charge on any atom is 0.224 e. The number of hydrazone groups is 1. The van der Waals surface area contributed by atoms with Gasteiger partial charge in [-0.1, -0.05) is 41.5 Å². The quantitative estimate of drug-likeness (QED) is 0.363. The van der Waals surface area contributed by atoms with Crippen molar-refractivity contribution in [3.05, 3.63) is 34.5 Å². The van der Waals surface area contributed by atoms with E-state index in [2.05, 4.69) is 66.7 Å². The van der Waals surface area contributed by atoms with Crippen molar-refractivity contribution in [3.8, 4) is 5.75 Å². The van der Waals surface area contributed by atoms with E-state index in [9.17, 15) is 5.11 Å². The van der Waals surface area contributed by atoms with Crippen LogP contribution in [-0.4, -0.2) is 27.5 Å². The van der Waals surface area contributed by atoms with E-state index in [1.165, 1.54) is 0 Å². The molecule has 2 rings (SSSR count). The van der Waals surface area contributed by atoms with Gasteiger partial charge in [-0.25, -0.2) is 4.63 Å². The first-order valence-corrected chi connectivity index (χ1v) is 8.29. The third-order valence-corrected chi connectivity index (χ3v) is 3.92. The topological polar surface area (TPSA) is 138 Å². The van der Waals surface area contributed by atoms with Crippen molar-refractivity contribution in [1.82, 2.24) is 10.3 Å². The molecule has 0 atom stereocenters. The van der Waals surface area contributed by atoms with Crippen molar-refractivity contribution in [2.45, 2.75) is 52.4 Å². The largest absolute Gasteiger partial charge is 0.507 e. The number of aromatic nitrogens is 2. The van der Waals surface area contributed by atoms with Crippen molar-refractivity contribution >= 4 is 17.9 Å². The Balaban J connectivity index is 2.45. The molecule has 8 nitrogen and oxygen atoms in total. The Morgan fingerprint density at radius 2 is 1.65 bits per heavy atom. The SMILES string of the molecule is CC(C)(C)c1cc(/C=[NH+]/N=C(N)c2nonc2N)cc(C(C)(C)C)c1O. The van der Waals surface area contributed by atoms with Crippen LogP contribution in [0.25, 0.3) is 0 Å². The fourth-order valence-corrected chi connectivity index (χ4v) is 2.49. The number of benzene rings is 1. The van der Waals surface area contributed by atoms with Crippen molar-refractivity contribution < 1.29 is 14.8 Å². The van der Waals surface area contributed by atoms with Crippen molar-refractivity contribution in [3.63, 3.8) is 0 Å². The predicted octanol–water partition coefficient (Wildman–Crippen LogP) is 0.772. The van der Waals surface area contributed by atoms with Gasteiger partial charge in [-0.15, -0.1) is 5.10 Å². The molecule has 1 heterocycles. The molecule has 0 aliphatic carbocycles. The summed E-state index contributed by atoms with van der Waals surface area (Å²) in [6, 6.07) is 3.85. The Morgan fingerprint density at radius 3 is 2.08 bits per heavy atom. The van der Waals surface area contributed by atoms with Gasteiger partial charge >= 0.3 is 0 Å². The van der Waals surface area contributed by atoms with Crippen molar-refractivity contribution in [1.29, 1.82) is 0 Å². The van der Waals surface area contributed by atoms with Gasteiger partial charge in [-0.3, -0.25) is 0 Å². The monoisotopic (exact) mass is 359 g/mol. The first kappa shape index (κ1) is 19.4. The molecular weight excluding hydrogens is 332 g/mol. The van der Waals surface area contributed by atoms with Crippen molar-refractivity contribution in [2.75, 3.05) is 5.73 Å². The molecule has 0 bridgehead atoms. The highest BCUT2D eigenvalue weighted by Gasteiger charge is 2.26. The highest BCUT2D eigenvalue weighted by molar-refractivity contribution is 5.98. The van der Waals surface area contributed by atoms with Crippen LogP contribution in [-0.2, 0) is 10.8 Å². The van der Waals surface area contributed by atoms with E-state index in [4.69, 9.17) is 11.5 Å². The second kappa shape index (κ2) is 6.78. The van der Waals surface area contributed by atoms with Crippen LogP contribution in [0.5, 0.6) is 5.75 Å². The first-order chi connectivity index (χ1) is 11.9. The standard InChI is InChI=1S/C18H26N6O2/c1-17(2,3)11-7-10(8-12(14(11)25)18(4,5)6)9-21-22-15(19)13-16(20)24-26-23-13/h7-9,25H,1-6H3,(H2,19,22)(H2,20,24)/p+1/b21-9+. The molecule has 0 unspecified atom stereocenters. The molecule has 0 aliphatic heterocycles. The molecule has 2 aromatic rings. The molecule has 0 amide bonds. The fourth-order valence-electron chi connectivity index (χ4n) is 2.49. The molecule has 8 heteroatoms. The number of hydrogen-bond donors (Lipinski definition) is 4. The fraction of sp³-hybridized carbons (Fsp3) is 0.444. The zero-order valence-electron chi connectivity index (χ0n) is 16.1. The van der Waals surface area contributed by atoms with Gasteiger partial charge < -0.3 is 16.6 Å². The maximum atomic E-state index is 10.7. The van der Waals surface area contributed by atoms with Crippen molar-refractivity contribution in [2.24, 2.45) is 10.8 Å². The molecular formula is C18H27N6O2+. The number of anilines is 1. The number of hydrogen-bond acceptors (Lipinski definition) is 6. The number of rotatable bonds is 3. The Labute approximate surface area is 153 Å². The zero-order chi connectivity index (χ0) is 19.7. The number of nitrogens with one attached hydrogen (secondary N) is 1. The van der Waals surface area contributed by atoms with E-state index in [0.29, 0.717) is 5.75 Å². The summed E-state index contributed by atoms with van der Waals surface area (Å²) in [5, 5.41) is 24.6. The molecule has 0 spiro atoms. The Kier molecular flexibility index (Phi) is 5.06. The Bertz CT molecular complexity index is 818. The van der Waals surface area contributed by atoms with Crippen LogP contribution in [0, 0.1) is 0 Å². The number of phenolic OH excluding ortho intramolecular Hbond substituents is 1. The minimum atomic E-state index is -0.211. The Morgan fingerprint density at radius 1 is 1.12 bits per heavy atom. The van der Waals surface area contributed by atoms with E-state index < -0.39 is 0 Å². The smallest absolute Gasteiger partial charge is 0.224 e. The maximum absolute atomic E-state index is 10.7. The lowest BCUT2D eigenvalue weighted by atomic mass is 9.78. The summed E-state index contributed by atoms with van der Waals surface area (Å²) in [5.74, 6) is 0.459. The summed E-state index contributed by atoms with van der Waals surface area (Å²) in [6.45, 7) is 12.3. The molecule has 1 aromatic heterocycles. The lowest BCUT2D eigenvalue weighted by molar-refractivity contribution is -0.456. The Hall–Kier alpha value is -2.90. The normalized spacial score (nSPS) is 13.5. The summed E-state index contributed by atoms with van der Waals surface area (Å²) >= 11 is 0. The molecule has 26 heavy (non-hydrogen) atoms. The first-order valence-electron chi connectivity index (χ1n) is 8.29. The molecule has 1 aromatic carbocycles. The molecule has 140 valence electrons. The number of nitrogens with two attached hydrogens (primary N) is 2. The van der Waals surface area contributed by atoms with Crippen LogP contribution in [0.1, 0.15) is 63.9 Å². The summed E-state index contributed by atoms with van der Waals surface area (Å²) in [6.07, 6.45) is 1.69. The zero-order valence-corrected chi connectivity index (χ0v) is 16.1. The van der Waals surface area contributed by atoms with Gasteiger partial charge in [-0.05, 0) is 33.3 Å². The molecule has 0 saturated carbocycles. The van der Waals surface area contributed by atoms with E-state index in [-0.39, 0.29) is 28.2 Å². The summed E-state index contributed by atoms with van der Waals surface area (Å²) in [7, 11) is 0. The third-order valence-electron chi connectivity index (χ3n) is 3.92. The predicted molar refractivity (Wildman–Crippen MR) is 101 cm³/mol. The minimum absolute atomic E-state index is 0.0610. The summed E-state index contributed by atoms with van der Waals surface area (Å²) < 4.78 is 4.50. The van der Waals surface area contributed by atoms with Crippen LogP contribution in [0.4, 0.5) is 5.82 Å². The van der Waals surface area contributed by atoms with Crippen LogP contribution in [0.3, 0.4) is 0 Å². The summed E-state index contributed by atoms with van der Waals surface area (Å²) in [5.41, 5.74) is 13.7. The number of amidine groups is 1. The van der Waals surface area contributed by atoms with Crippen LogP contribution in [0.15, 0.2) is 21.9 Å². The second-order valence-electron chi connectivity index (χ2n) is 8.23. The number of nitrogen functional groups attached to an aromatic ring is 1. The van der Waals surface area contributed by atoms with Gasteiger partial charge in [0.1, 0.15) is 5.75 Å². The van der Waals surface area contributed by atoms with Crippen LogP contribution in [0.2, 0.25) is 0 Å². The van der Waals surface area contributed by atoms with E-state index >= 15 is 0 Å². The van der Waals surface area contributed by atoms with Gasteiger partial charge in [-0.2, -0.15) is 0 Å². The highest BCUT2D eigenvalue weighted by atomic mass is 16.6. The lowest BCUT2D eigenvalue weighted by Gasteiger charge is -2.27. The van der Waals surface area contributed by atoms with Gasteiger partial charge in [0.05, 0.1) is 0 Å². The molecule has 0 radical (unpaired) electrons. The van der Waals surface area contributed by atoms with Gasteiger partial charge in [0, 0.05) is 21.8 Å². The third kappa shape index (κ3) is 4.19. The van der Waals surface area contributed by atoms with Crippen LogP contribution < -0.4 is 16.6 Å². The summed E-state index contributed by atoms with van der Waals surface area (Å²) in [4.78, 5) is 0. The average molecular weight is 359 g/mol. The molecule has 0 fully saturated rings. The molecule has 6 N–H and O–H groups in total. The second-order valence-corrected chi connectivity index (χ2v) is 8.23. The van der Waals surface area contributed by atoms with E-state index in [1.54, 1.807) is 6.21 Å². The number of phenols is 1. The van der Waals surface area contributed by atoms with Crippen LogP contribution >= 0.6 is 0 Å². The van der Waals surface area contributed by atoms with E-state index in [1.807, 2.05) is 12.1 Å². The van der Waals surface area contributed by atoms with E-state index in [0.717, 1.165) is 16.7 Å². The highest BCUT2D eigenvalue weighted by Crippen LogP contribution is 2.39. The molecule has 0 aliphatic rings. The number of aromatic hydroxyl groups is 1. The number of nitrogens with zero attached hydrogens (tertiary/aromatic N) is 3. The van der Waals surface area contributed by atoms with Gasteiger partial charge in [0.2, 0.25) is 12.1 Å². The van der Waals surface area contributed by atoms with Gasteiger partial charge in [0.25, 0.3) is 0 Å². The lowest BCUT2D eigenvalue weighted by Crippen LogP contribution is -2.63.